The van der Waals surface area contributed by atoms with Crippen LogP contribution in [0, 0.1) is 0 Å². The smallest absolute Gasteiger partial charge is 0 e. The number of benzene rings is 1. The molecule has 0 saturated carbocycles. The topological polar surface area (TPSA) is 26.0 Å². The fourth-order valence-electron chi connectivity index (χ4n) is 0.781. The van der Waals surface area contributed by atoms with Crippen LogP contribution in [-0.4, -0.2) is 7.05 Å². The van der Waals surface area contributed by atoms with Gasteiger partial charge in [0.25, 0.3) is 0 Å². The molecule has 0 heterocycles. The van der Waals surface area contributed by atoms with Crippen LogP contribution in [-0.2, 0) is 6.42 Å². The van der Waals surface area contributed by atoms with Crippen molar-refractivity contribution in [2.24, 2.45) is 5.73 Å². The summed E-state index contributed by atoms with van der Waals surface area (Å²) < 4.78 is 0. The second kappa shape index (κ2) is 23.1. The van der Waals surface area contributed by atoms with Crippen molar-refractivity contribution in [3.8, 4) is 0 Å². The van der Waals surface area contributed by atoms with Gasteiger partial charge in [0.05, 0.1) is 0 Å². The summed E-state index contributed by atoms with van der Waals surface area (Å²) in [6.07, 6.45) is 2.89. The highest BCUT2D eigenvalue weighted by Crippen LogP contribution is 1.98. The van der Waals surface area contributed by atoms with Crippen molar-refractivity contribution in [2.75, 3.05) is 7.05 Å². The lowest BCUT2D eigenvalue weighted by atomic mass is 10.2. The Hall–Kier alpha value is -1.08. The molecule has 0 spiro atoms. The molecule has 90 valence electrons. The van der Waals surface area contributed by atoms with Gasteiger partial charge in [0.2, 0.25) is 0 Å². The summed E-state index contributed by atoms with van der Waals surface area (Å²) >= 11 is 0. The van der Waals surface area contributed by atoms with Gasteiger partial charge in [-0.2, -0.15) is 0 Å². The van der Waals surface area contributed by atoms with Gasteiger partial charge in [-0.3, -0.25) is 0 Å². The van der Waals surface area contributed by atoms with Crippen LogP contribution in [0.3, 0.4) is 0 Å². The van der Waals surface area contributed by atoms with Crippen LogP contribution >= 0.6 is 0 Å². The summed E-state index contributed by atoms with van der Waals surface area (Å²) in [6, 6.07) is 10.3. The minimum Gasteiger partial charge on any atom is -0.333 e. The second-order valence-electron chi connectivity index (χ2n) is 1.98. The van der Waals surface area contributed by atoms with E-state index in [4.69, 9.17) is 0 Å². The van der Waals surface area contributed by atoms with Crippen molar-refractivity contribution in [1.82, 2.24) is 0 Å². The highest BCUT2D eigenvalue weighted by molar-refractivity contribution is 5.16. The normalized spacial score (nSPS) is 6.53. The number of rotatable bonds is 2. The van der Waals surface area contributed by atoms with Gasteiger partial charge in [-0.05, 0) is 19.0 Å². The Morgan fingerprint density at radius 2 is 1.47 bits per heavy atom. The van der Waals surface area contributed by atoms with Crippen LogP contribution < -0.4 is 5.73 Å². The number of allylic oxidation sites excluding steroid dienone is 1. The summed E-state index contributed by atoms with van der Waals surface area (Å²) in [5.41, 5.74) is 5.83. The second-order valence-corrected chi connectivity index (χ2v) is 1.98. The predicted octanol–water partition coefficient (Wildman–Crippen LogP) is 4.29. The van der Waals surface area contributed by atoms with E-state index in [1.807, 2.05) is 52.0 Å². The lowest BCUT2D eigenvalue weighted by Gasteiger charge is -1.91. The molecule has 0 unspecified atom stereocenters. The fourth-order valence-corrected chi connectivity index (χ4v) is 0.781. The number of nitrogens with two attached hydrogens (primary N) is 1. The SMILES string of the molecule is C=CCc1ccccc1.CC.CC.CN.[HH]. The first-order valence-corrected chi connectivity index (χ1v) is 5.66. The monoisotopic (exact) mass is 211 g/mol. The zero-order valence-corrected chi connectivity index (χ0v) is 11.0. The van der Waals surface area contributed by atoms with E-state index in [1.165, 1.54) is 12.6 Å². The molecular weight excluding hydrogens is 182 g/mol. The molecule has 1 aromatic carbocycles. The van der Waals surface area contributed by atoms with E-state index >= 15 is 0 Å². The molecule has 0 aliphatic rings. The fraction of sp³-hybridized carbons (Fsp3) is 0.429. The molecule has 0 saturated heterocycles. The van der Waals surface area contributed by atoms with Crippen LogP contribution in [0.25, 0.3) is 0 Å². The maximum atomic E-state index is 4.50. The van der Waals surface area contributed by atoms with Crippen LogP contribution in [0.2, 0.25) is 0 Å². The molecule has 1 aromatic rings. The molecule has 0 aliphatic heterocycles. The average Bonchev–Trinajstić information content (AvgIpc) is 2.38. The molecule has 0 bridgehead atoms. The molecule has 0 fully saturated rings. The van der Waals surface area contributed by atoms with Gasteiger partial charge in [-0.15, -0.1) is 6.58 Å². The lowest BCUT2D eigenvalue weighted by molar-refractivity contribution is 1.28. The molecule has 0 radical (unpaired) electrons. The Bertz CT molecular complexity index is 185. The van der Waals surface area contributed by atoms with Gasteiger partial charge in [0, 0.05) is 1.43 Å². The van der Waals surface area contributed by atoms with Gasteiger partial charge < -0.3 is 5.73 Å². The third kappa shape index (κ3) is 15.7. The summed E-state index contributed by atoms with van der Waals surface area (Å²) in [5.74, 6) is 0. The third-order valence-electron chi connectivity index (χ3n) is 1.22. The molecule has 0 amide bonds. The maximum Gasteiger partial charge on any atom is 0 e. The quantitative estimate of drug-likeness (QED) is 0.726. The van der Waals surface area contributed by atoms with Gasteiger partial charge in [-0.25, -0.2) is 0 Å². The first kappa shape index (κ1) is 19.5. The van der Waals surface area contributed by atoms with Crippen LogP contribution in [0.1, 0.15) is 34.7 Å². The van der Waals surface area contributed by atoms with E-state index in [-0.39, 0.29) is 1.43 Å². The molecule has 0 atom stereocenters. The molecular formula is C14H29N. The molecule has 1 heteroatoms. The zero-order valence-electron chi connectivity index (χ0n) is 11.0. The molecule has 2 N–H and O–H groups in total. The molecule has 1 rings (SSSR count). The van der Waals surface area contributed by atoms with E-state index in [1.54, 1.807) is 0 Å². The van der Waals surface area contributed by atoms with Crippen molar-refractivity contribution in [3.63, 3.8) is 0 Å². The van der Waals surface area contributed by atoms with Gasteiger partial charge in [0.1, 0.15) is 0 Å². The Morgan fingerprint density at radius 1 is 1.07 bits per heavy atom. The minimum atomic E-state index is 0. The van der Waals surface area contributed by atoms with Crippen LogP contribution in [0.15, 0.2) is 43.0 Å². The minimum absolute atomic E-state index is 0. The zero-order chi connectivity index (χ0) is 12.5. The van der Waals surface area contributed by atoms with Crippen molar-refractivity contribution < 1.29 is 1.43 Å². The number of hydrogen-bond acceptors (Lipinski definition) is 1. The predicted molar refractivity (Wildman–Crippen MR) is 75.3 cm³/mol. The molecule has 0 aliphatic carbocycles. The highest BCUT2D eigenvalue weighted by atomic mass is 14.4. The Labute approximate surface area is 97.5 Å². The van der Waals surface area contributed by atoms with Gasteiger partial charge >= 0.3 is 0 Å². The van der Waals surface area contributed by atoms with E-state index in [0.29, 0.717) is 0 Å². The molecule has 1 nitrogen and oxygen atoms in total. The van der Waals surface area contributed by atoms with Gasteiger partial charge in [-0.1, -0.05) is 64.1 Å². The Balaban J connectivity index is -0.0000000900. The summed E-state index contributed by atoms with van der Waals surface area (Å²) in [5, 5.41) is 0. The Morgan fingerprint density at radius 3 is 1.80 bits per heavy atom. The summed E-state index contributed by atoms with van der Waals surface area (Å²) in [7, 11) is 1.50. The van der Waals surface area contributed by atoms with Crippen LogP contribution in [0.4, 0.5) is 0 Å². The average molecular weight is 211 g/mol. The number of hydrogen-bond donors (Lipinski definition) is 1. The van der Waals surface area contributed by atoms with E-state index in [9.17, 15) is 0 Å². The molecule has 0 aromatic heterocycles. The van der Waals surface area contributed by atoms with Gasteiger partial charge in [0.15, 0.2) is 0 Å². The largest absolute Gasteiger partial charge is 0.333 e. The van der Waals surface area contributed by atoms with Crippen molar-refractivity contribution in [2.45, 2.75) is 34.1 Å². The standard InChI is InChI=1S/C9H10.2C2H6.CH5N.H2/c1-2-6-9-7-4-3-5-8-9;3*1-2;/h2-5,7-8H,1,6H2;2*1-2H3;2H2,1H3;1H. The maximum absolute atomic E-state index is 4.50. The van der Waals surface area contributed by atoms with E-state index in [2.05, 4.69) is 24.4 Å². The van der Waals surface area contributed by atoms with E-state index in [0.717, 1.165) is 6.42 Å². The summed E-state index contributed by atoms with van der Waals surface area (Å²) in [4.78, 5) is 0. The van der Waals surface area contributed by atoms with Crippen LogP contribution in [0.5, 0.6) is 0 Å². The van der Waals surface area contributed by atoms with Crippen molar-refractivity contribution in [1.29, 1.82) is 0 Å². The van der Waals surface area contributed by atoms with E-state index < -0.39 is 0 Å². The summed E-state index contributed by atoms with van der Waals surface area (Å²) in [6.45, 7) is 11.7. The lowest BCUT2D eigenvalue weighted by Crippen LogP contribution is -1.75. The molecule has 15 heavy (non-hydrogen) atoms. The Kier molecular flexibility index (Phi) is 30.0. The first-order valence-electron chi connectivity index (χ1n) is 5.66. The highest BCUT2D eigenvalue weighted by Gasteiger charge is 1.82. The van der Waals surface area contributed by atoms with Crippen molar-refractivity contribution >= 4 is 0 Å². The third-order valence-corrected chi connectivity index (χ3v) is 1.22. The first-order chi connectivity index (χ1) is 7.43. The van der Waals surface area contributed by atoms with Crippen molar-refractivity contribution in [3.05, 3.63) is 48.6 Å².